The molecule has 1 aliphatic carbocycles. The Balaban J connectivity index is 1.86. The first-order chi connectivity index (χ1) is 9.72. The summed E-state index contributed by atoms with van der Waals surface area (Å²) in [5.74, 6) is 0. The Bertz CT molecular complexity index is 664. The Morgan fingerprint density at radius 1 is 1.35 bits per heavy atom. The lowest BCUT2D eigenvalue weighted by Crippen LogP contribution is -2.19. The van der Waals surface area contributed by atoms with Crippen molar-refractivity contribution in [2.45, 2.75) is 17.7 Å². The monoisotopic (exact) mass is 303 g/mol. The number of fused-ring (bicyclic) bond motifs is 1. The summed E-state index contributed by atoms with van der Waals surface area (Å²) in [4.78, 5) is 18.9. The summed E-state index contributed by atoms with van der Waals surface area (Å²) in [5.41, 5.74) is 6.18. The van der Waals surface area contributed by atoms with Gasteiger partial charge in [0.15, 0.2) is 5.13 Å². The molecule has 0 saturated carbocycles. The van der Waals surface area contributed by atoms with E-state index in [1.807, 2.05) is 18.2 Å². The predicted octanol–water partition coefficient (Wildman–Crippen LogP) is 3.71. The van der Waals surface area contributed by atoms with Crippen molar-refractivity contribution in [3.05, 3.63) is 47.0 Å². The first-order valence-corrected chi connectivity index (χ1v) is 7.85. The quantitative estimate of drug-likeness (QED) is 0.908. The molecule has 1 aromatic heterocycles. The van der Waals surface area contributed by atoms with Crippen LogP contribution in [-0.2, 0) is 6.42 Å². The minimum Gasteiger partial charge on any atom is -0.351 e. The maximum absolute atomic E-state index is 10.9. The van der Waals surface area contributed by atoms with Crippen LogP contribution in [0.3, 0.4) is 0 Å². The van der Waals surface area contributed by atoms with Gasteiger partial charge in [0.1, 0.15) is 0 Å². The Kier molecular flexibility index (Phi) is 3.75. The fraction of sp³-hybridized carbons (Fsp3) is 0.143. The van der Waals surface area contributed by atoms with Crippen LogP contribution in [0.5, 0.6) is 0 Å². The van der Waals surface area contributed by atoms with Crippen molar-refractivity contribution in [2.75, 3.05) is 5.32 Å². The molecule has 20 heavy (non-hydrogen) atoms. The normalized spacial score (nSPS) is 13.5. The number of hydrogen-bond donors (Lipinski definition) is 2. The van der Waals surface area contributed by atoms with Crippen molar-refractivity contribution >= 4 is 39.2 Å². The first kappa shape index (κ1) is 13.2. The number of primary amides is 1. The van der Waals surface area contributed by atoms with Crippen LogP contribution in [0, 0.1) is 0 Å². The number of urea groups is 1. The number of carbonyl (C=O) groups excluding carboxylic acids is 1. The maximum atomic E-state index is 10.9. The molecule has 3 rings (SSSR count). The summed E-state index contributed by atoms with van der Waals surface area (Å²) in [6.07, 6.45) is 4.11. The topological polar surface area (TPSA) is 68.0 Å². The van der Waals surface area contributed by atoms with Crippen LogP contribution in [0.15, 0.2) is 41.3 Å². The molecule has 0 radical (unpaired) electrons. The van der Waals surface area contributed by atoms with Crippen molar-refractivity contribution in [1.29, 1.82) is 0 Å². The van der Waals surface area contributed by atoms with E-state index in [1.165, 1.54) is 21.1 Å². The summed E-state index contributed by atoms with van der Waals surface area (Å²) in [7, 11) is 0. The molecular weight excluding hydrogens is 290 g/mol. The SMILES string of the molecule is NC(=O)Nc1nc2c(s1)C(Sc1ccccc1)=CCC2. The minimum atomic E-state index is -0.572. The number of nitrogens with zero attached hydrogens (tertiary/aromatic N) is 1. The van der Waals surface area contributed by atoms with Gasteiger partial charge in [0.2, 0.25) is 0 Å². The molecule has 0 saturated heterocycles. The van der Waals surface area contributed by atoms with Crippen molar-refractivity contribution in [3.63, 3.8) is 0 Å². The predicted molar refractivity (Wildman–Crippen MR) is 83.9 cm³/mol. The number of nitrogens with one attached hydrogen (secondary N) is 1. The van der Waals surface area contributed by atoms with Crippen LogP contribution >= 0.6 is 23.1 Å². The molecule has 0 atom stereocenters. The van der Waals surface area contributed by atoms with Crippen LogP contribution < -0.4 is 11.1 Å². The Morgan fingerprint density at radius 3 is 2.90 bits per heavy atom. The number of aryl methyl sites for hydroxylation is 1. The highest BCUT2D eigenvalue weighted by molar-refractivity contribution is 8.08. The van der Waals surface area contributed by atoms with Gasteiger partial charge in [0.05, 0.1) is 10.6 Å². The molecule has 0 unspecified atom stereocenters. The highest BCUT2D eigenvalue weighted by atomic mass is 32.2. The van der Waals surface area contributed by atoms with E-state index < -0.39 is 6.03 Å². The second-order valence-corrected chi connectivity index (χ2v) is 6.42. The standard InChI is InChI=1S/C14H13N3OS2/c15-13(18)17-14-16-10-7-4-8-11(12(10)20-14)19-9-5-2-1-3-6-9/h1-3,5-6,8H,4,7H2,(H3,15,16,17,18). The highest BCUT2D eigenvalue weighted by Crippen LogP contribution is 2.42. The van der Waals surface area contributed by atoms with Crippen molar-refractivity contribution in [1.82, 2.24) is 4.98 Å². The Hall–Kier alpha value is -1.79. The van der Waals surface area contributed by atoms with Crippen LogP contribution in [0.1, 0.15) is 17.0 Å². The summed E-state index contributed by atoms with van der Waals surface area (Å²) in [6, 6.07) is 9.66. The average Bonchev–Trinajstić information content (AvgIpc) is 2.82. The van der Waals surface area contributed by atoms with Gasteiger partial charge in [-0.1, -0.05) is 47.4 Å². The summed E-state index contributed by atoms with van der Waals surface area (Å²) in [6.45, 7) is 0. The number of rotatable bonds is 3. The molecule has 0 spiro atoms. The van der Waals surface area contributed by atoms with E-state index in [2.05, 4.69) is 28.5 Å². The number of carbonyl (C=O) groups is 1. The van der Waals surface area contributed by atoms with E-state index in [1.54, 1.807) is 11.8 Å². The summed E-state index contributed by atoms with van der Waals surface area (Å²) in [5, 5.41) is 3.13. The lowest BCUT2D eigenvalue weighted by molar-refractivity contribution is 0.259. The third-order valence-electron chi connectivity index (χ3n) is 2.83. The van der Waals surface area contributed by atoms with Crippen LogP contribution in [0.4, 0.5) is 9.93 Å². The van der Waals surface area contributed by atoms with E-state index in [4.69, 9.17) is 5.73 Å². The fourth-order valence-corrected chi connectivity index (χ4v) is 4.17. The van der Waals surface area contributed by atoms with Gasteiger partial charge in [-0.15, -0.1) is 0 Å². The minimum absolute atomic E-state index is 0.572. The van der Waals surface area contributed by atoms with Gasteiger partial charge in [0.25, 0.3) is 0 Å². The summed E-state index contributed by atoms with van der Waals surface area (Å²) >= 11 is 3.21. The lowest BCUT2D eigenvalue weighted by Gasteiger charge is -2.11. The van der Waals surface area contributed by atoms with E-state index in [9.17, 15) is 4.79 Å². The zero-order valence-electron chi connectivity index (χ0n) is 10.6. The molecule has 0 fully saturated rings. The van der Waals surface area contributed by atoms with Gasteiger partial charge < -0.3 is 5.73 Å². The lowest BCUT2D eigenvalue weighted by atomic mass is 10.1. The maximum Gasteiger partial charge on any atom is 0.318 e. The third-order valence-corrected chi connectivity index (χ3v) is 5.11. The molecule has 4 nitrogen and oxygen atoms in total. The second kappa shape index (κ2) is 5.68. The van der Waals surface area contributed by atoms with Gasteiger partial charge in [-0.2, -0.15) is 0 Å². The van der Waals surface area contributed by atoms with Crippen molar-refractivity contribution < 1.29 is 4.79 Å². The van der Waals surface area contributed by atoms with E-state index in [-0.39, 0.29) is 0 Å². The molecule has 1 aromatic carbocycles. The zero-order valence-corrected chi connectivity index (χ0v) is 12.3. The smallest absolute Gasteiger partial charge is 0.318 e. The number of hydrogen-bond acceptors (Lipinski definition) is 4. The number of thiazole rings is 1. The molecule has 0 bridgehead atoms. The largest absolute Gasteiger partial charge is 0.351 e. The van der Waals surface area contributed by atoms with Gasteiger partial charge >= 0.3 is 6.03 Å². The van der Waals surface area contributed by atoms with Crippen molar-refractivity contribution in [3.8, 4) is 0 Å². The van der Waals surface area contributed by atoms with Crippen LogP contribution in [-0.4, -0.2) is 11.0 Å². The number of aromatic nitrogens is 1. The number of anilines is 1. The molecular formula is C14H13N3OS2. The third kappa shape index (κ3) is 2.86. The average molecular weight is 303 g/mol. The van der Waals surface area contributed by atoms with E-state index >= 15 is 0 Å². The van der Waals surface area contributed by atoms with Crippen LogP contribution in [0.2, 0.25) is 0 Å². The molecule has 1 aliphatic rings. The number of benzene rings is 1. The number of allylic oxidation sites excluding steroid dienone is 1. The Labute approximate surface area is 125 Å². The molecule has 1 heterocycles. The number of nitrogens with two attached hydrogens (primary N) is 1. The number of thioether (sulfide) groups is 1. The molecule has 2 amide bonds. The fourth-order valence-electron chi connectivity index (χ4n) is 2.01. The van der Waals surface area contributed by atoms with Gasteiger partial charge in [-0.3, -0.25) is 5.32 Å². The highest BCUT2D eigenvalue weighted by Gasteiger charge is 2.19. The van der Waals surface area contributed by atoms with Gasteiger partial charge in [0, 0.05) is 9.80 Å². The first-order valence-electron chi connectivity index (χ1n) is 6.22. The number of amides is 2. The zero-order chi connectivity index (χ0) is 13.9. The Morgan fingerprint density at radius 2 is 2.15 bits per heavy atom. The second-order valence-electron chi connectivity index (χ2n) is 4.31. The van der Waals surface area contributed by atoms with Crippen molar-refractivity contribution in [2.24, 2.45) is 5.73 Å². The molecule has 0 aliphatic heterocycles. The molecule has 3 N–H and O–H groups in total. The molecule has 6 heteroatoms. The van der Waals surface area contributed by atoms with Crippen LogP contribution in [0.25, 0.3) is 4.91 Å². The van der Waals surface area contributed by atoms with E-state index in [0.29, 0.717) is 5.13 Å². The molecule has 2 aromatic rings. The molecule has 102 valence electrons. The van der Waals surface area contributed by atoms with E-state index in [0.717, 1.165) is 23.4 Å². The van der Waals surface area contributed by atoms with Gasteiger partial charge in [-0.25, -0.2) is 9.78 Å². The summed E-state index contributed by atoms with van der Waals surface area (Å²) < 4.78 is 0. The van der Waals surface area contributed by atoms with Gasteiger partial charge in [-0.05, 0) is 25.0 Å².